The van der Waals surface area contributed by atoms with E-state index in [1.54, 1.807) is 73.3 Å². The van der Waals surface area contributed by atoms with Crippen LogP contribution >= 0.6 is 11.8 Å². The summed E-state index contributed by atoms with van der Waals surface area (Å²) >= 11 is 1.29. The highest BCUT2D eigenvalue weighted by Crippen LogP contribution is 2.22. The number of carbonyl (C=O) groups is 2. The number of imidazole rings is 1. The molecule has 0 aliphatic carbocycles. The van der Waals surface area contributed by atoms with Gasteiger partial charge in [-0.05, 0) is 42.5 Å². The van der Waals surface area contributed by atoms with Crippen molar-refractivity contribution in [1.82, 2.24) is 14.9 Å². The normalized spacial score (nSPS) is 10.5. The fourth-order valence-electron chi connectivity index (χ4n) is 3.05. The number of hydrogen-bond donors (Lipinski definition) is 1. The number of Topliss-reactive ketones (excluding diaryl/α,β-unsaturated/α-hetero) is 1. The first kappa shape index (κ1) is 21.2. The minimum atomic E-state index is -0.217. The number of furan rings is 1. The van der Waals surface area contributed by atoms with Gasteiger partial charge in [0.2, 0.25) is 0 Å². The molecule has 0 saturated carbocycles. The molecule has 8 heteroatoms. The second-order valence-electron chi connectivity index (χ2n) is 6.80. The molecule has 0 saturated heterocycles. The highest BCUT2D eigenvalue weighted by Gasteiger charge is 2.13. The Morgan fingerprint density at radius 1 is 1.09 bits per heavy atom. The maximum absolute atomic E-state index is 12.5. The van der Waals surface area contributed by atoms with Crippen molar-refractivity contribution in [3.8, 4) is 11.8 Å². The van der Waals surface area contributed by atoms with E-state index in [1.165, 1.54) is 11.8 Å². The standard InChI is InChI=1S/C24H18N4O3S/c25-14-17-4-1-5-18(12-17)22(29)16-32-24-26-9-10-28(24)20-7-2-6-19(13-20)23(30)27-15-21-8-3-11-31-21/h1-13H,15-16H2,(H,27,30). The van der Waals surface area contributed by atoms with Crippen LogP contribution in [0.4, 0.5) is 0 Å². The Morgan fingerprint density at radius 3 is 2.75 bits per heavy atom. The van der Waals surface area contributed by atoms with Gasteiger partial charge in [0.05, 0.1) is 30.2 Å². The van der Waals surface area contributed by atoms with Crippen LogP contribution < -0.4 is 5.32 Å². The average Bonchev–Trinajstić information content (AvgIpc) is 3.53. The number of benzene rings is 2. The number of hydrogen-bond acceptors (Lipinski definition) is 6. The Morgan fingerprint density at radius 2 is 1.94 bits per heavy atom. The molecule has 0 aliphatic heterocycles. The van der Waals surface area contributed by atoms with Crippen molar-refractivity contribution in [2.24, 2.45) is 0 Å². The number of thioether (sulfide) groups is 1. The van der Waals surface area contributed by atoms with Crippen LogP contribution in [-0.2, 0) is 6.54 Å². The van der Waals surface area contributed by atoms with E-state index in [9.17, 15) is 9.59 Å². The van der Waals surface area contributed by atoms with Crippen molar-refractivity contribution in [3.05, 3.63) is 102 Å². The number of aromatic nitrogens is 2. The molecule has 4 rings (SSSR count). The van der Waals surface area contributed by atoms with Crippen molar-refractivity contribution in [2.45, 2.75) is 11.7 Å². The quantitative estimate of drug-likeness (QED) is 0.324. The molecule has 1 N–H and O–H groups in total. The van der Waals surface area contributed by atoms with Gasteiger partial charge >= 0.3 is 0 Å². The predicted octanol–water partition coefficient (Wildman–Crippen LogP) is 4.24. The molecule has 0 bridgehead atoms. The van der Waals surface area contributed by atoms with Crippen LogP contribution in [0.15, 0.2) is 88.9 Å². The maximum atomic E-state index is 12.5. The first-order valence-corrected chi connectivity index (χ1v) is 10.7. The highest BCUT2D eigenvalue weighted by molar-refractivity contribution is 7.99. The van der Waals surface area contributed by atoms with E-state index in [0.29, 0.717) is 34.2 Å². The summed E-state index contributed by atoms with van der Waals surface area (Å²) in [5.74, 6) is 0.542. The van der Waals surface area contributed by atoms with Crippen molar-refractivity contribution >= 4 is 23.5 Å². The summed E-state index contributed by atoms with van der Waals surface area (Å²) in [5.41, 5.74) is 2.20. The van der Waals surface area contributed by atoms with E-state index in [2.05, 4.69) is 10.3 Å². The molecule has 32 heavy (non-hydrogen) atoms. The molecule has 158 valence electrons. The lowest BCUT2D eigenvalue weighted by Crippen LogP contribution is -2.22. The van der Waals surface area contributed by atoms with Crippen LogP contribution in [0.3, 0.4) is 0 Å². The number of nitrogens with one attached hydrogen (secondary N) is 1. The molecule has 0 aliphatic rings. The van der Waals surface area contributed by atoms with E-state index in [-0.39, 0.29) is 17.4 Å². The number of nitrogens with zero attached hydrogens (tertiary/aromatic N) is 3. The minimum Gasteiger partial charge on any atom is -0.467 e. The van der Waals surface area contributed by atoms with Crippen LogP contribution in [0.5, 0.6) is 0 Å². The second-order valence-corrected chi connectivity index (χ2v) is 7.74. The molecule has 4 aromatic rings. The molecule has 0 spiro atoms. The summed E-state index contributed by atoms with van der Waals surface area (Å²) in [5, 5.41) is 12.5. The fraction of sp³-hybridized carbons (Fsp3) is 0.0833. The summed E-state index contributed by atoms with van der Waals surface area (Å²) in [6, 6.07) is 19.4. The van der Waals surface area contributed by atoms with Crippen LogP contribution in [-0.4, -0.2) is 27.0 Å². The van der Waals surface area contributed by atoms with Gasteiger partial charge in [0.25, 0.3) is 5.91 Å². The van der Waals surface area contributed by atoms with Crippen molar-refractivity contribution in [2.75, 3.05) is 5.75 Å². The summed E-state index contributed by atoms with van der Waals surface area (Å²) in [6.45, 7) is 0.303. The van der Waals surface area contributed by atoms with Crippen LogP contribution in [0.1, 0.15) is 32.0 Å². The molecular formula is C24H18N4O3S. The number of amides is 1. The van der Waals surface area contributed by atoms with Gasteiger partial charge in [-0.15, -0.1) is 0 Å². The lowest BCUT2D eigenvalue weighted by molar-refractivity contribution is 0.0947. The van der Waals surface area contributed by atoms with E-state index in [4.69, 9.17) is 9.68 Å². The number of carbonyl (C=O) groups excluding carboxylic acids is 2. The molecule has 0 fully saturated rings. The topological polar surface area (TPSA) is 101 Å². The third-order valence-corrected chi connectivity index (χ3v) is 5.61. The summed E-state index contributed by atoms with van der Waals surface area (Å²) in [7, 11) is 0. The van der Waals surface area contributed by atoms with Gasteiger partial charge in [-0.25, -0.2) is 4.98 Å². The Balaban J connectivity index is 1.44. The Kier molecular flexibility index (Phi) is 6.49. The number of ketones is 1. The van der Waals surface area contributed by atoms with Gasteiger partial charge < -0.3 is 9.73 Å². The van der Waals surface area contributed by atoms with Gasteiger partial charge in [0.1, 0.15) is 5.76 Å². The SMILES string of the molecule is N#Cc1cccc(C(=O)CSc2nccn2-c2cccc(C(=O)NCc3ccco3)c2)c1. The van der Waals surface area contributed by atoms with Crippen LogP contribution in [0.25, 0.3) is 5.69 Å². The smallest absolute Gasteiger partial charge is 0.251 e. The van der Waals surface area contributed by atoms with Crippen molar-refractivity contribution in [1.29, 1.82) is 5.26 Å². The summed E-state index contributed by atoms with van der Waals surface area (Å²) in [6.07, 6.45) is 4.99. The molecular weight excluding hydrogens is 424 g/mol. The molecule has 0 unspecified atom stereocenters. The van der Waals surface area contributed by atoms with E-state index < -0.39 is 0 Å². The average molecular weight is 443 g/mol. The molecule has 2 aromatic heterocycles. The van der Waals surface area contributed by atoms with E-state index in [0.717, 1.165) is 5.69 Å². The molecule has 2 aromatic carbocycles. The van der Waals surface area contributed by atoms with Crippen molar-refractivity contribution < 1.29 is 14.0 Å². The van der Waals surface area contributed by atoms with Crippen LogP contribution in [0.2, 0.25) is 0 Å². The van der Waals surface area contributed by atoms with Crippen LogP contribution in [0, 0.1) is 11.3 Å². The molecule has 7 nitrogen and oxygen atoms in total. The first-order valence-electron chi connectivity index (χ1n) is 9.74. The third-order valence-electron chi connectivity index (χ3n) is 4.64. The molecule has 0 radical (unpaired) electrons. The zero-order chi connectivity index (χ0) is 22.3. The highest BCUT2D eigenvalue weighted by atomic mass is 32.2. The largest absolute Gasteiger partial charge is 0.467 e. The van der Waals surface area contributed by atoms with Gasteiger partial charge in [0, 0.05) is 29.2 Å². The molecule has 0 atom stereocenters. The Labute approximate surface area is 188 Å². The lowest BCUT2D eigenvalue weighted by Gasteiger charge is -2.10. The van der Waals surface area contributed by atoms with Gasteiger partial charge in [0.15, 0.2) is 10.9 Å². The first-order chi connectivity index (χ1) is 15.6. The maximum Gasteiger partial charge on any atom is 0.251 e. The number of nitriles is 1. The summed E-state index contributed by atoms with van der Waals surface area (Å²) in [4.78, 5) is 29.4. The zero-order valence-electron chi connectivity index (χ0n) is 16.9. The molecule has 1 amide bonds. The zero-order valence-corrected chi connectivity index (χ0v) is 17.7. The monoisotopic (exact) mass is 442 g/mol. The van der Waals surface area contributed by atoms with Gasteiger partial charge in [-0.2, -0.15) is 5.26 Å². The second kappa shape index (κ2) is 9.81. The van der Waals surface area contributed by atoms with E-state index in [1.807, 2.05) is 16.7 Å². The predicted molar refractivity (Wildman–Crippen MR) is 120 cm³/mol. The van der Waals surface area contributed by atoms with Crippen molar-refractivity contribution in [3.63, 3.8) is 0 Å². The Bertz CT molecular complexity index is 1290. The van der Waals surface area contributed by atoms with Gasteiger partial charge in [-0.3, -0.25) is 14.2 Å². The third kappa shape index (κ3) is 4.96. The fourth-order valence-corrected chi connectivity index (χ4v) is 3.92. The van der Waals surface area contributed by atoms with Gasteiger partial charge in [-0.1, -0.05) is 30.0 Å². The Hall–Kier alpha value is -4.09. The molecule has 2 heterocycles. The lowest BCUT2D eigenvalue weighted by atomic mass is 10.1. The minimum absolute atomic E-state index is 0.0901. The van der Waals surface area contributed by atoms with E-state index >= 15 is 0 Å². The number of rotatable bonds is 8. The summed E-state index contributed by atoms with van der Waals surface area (Å²) < 4.78 is 7.06.